The molecule has 0 bridgehead atoms. The Kier molecular flexibility index (Phi) is 5.86. The van der Waals surface area contributed by atoms with Crippen molar-refractivity contribution in [1.29, 1.82) is 0 Å². The Bertz CT molecular complexity index is 939. The molecule has 0 amide bonds. The molecular weight excluding hydrogens is 414 g/mol. The molecule has 0 aliphatic heterocycles. The summed E-state index contributed by atoms with van der Waals surface area (Å²) in [4.78, 5) is 13.7. The summed E-state index contributed by atoms with van der Waals surface area (Å²) in [5, 5.41) is 7.02. The summed E-state index contributed by atoms with van der Waals surface area (Å²) in [6.07, 6.45) is 9.79. The number of hydrogen-bond acceptors (Lipinski definition) is 5. The van der Waals surface area contributed by atoms with Gasteiger partial charge >= 0.3 is 0 Å². The van der Waals surface area contributed by atoms with Gasteiger partial charge in [-0.1, -0.05) is 41.3 Å². The lowest BCUT2D eigenvalue weighted by atomic mass is 9.96. The lowest BCUT2D eigenvalue weighted by Crippen LogP contribution is -2.23. The van der Waals surface area contributed by atoms with Crippen LogP contribution >= 0.6 is 15.9 Å². The third kappa shape index (κ3) is 4.50. The van der Waals surface area contributed by atoms with Crippen LogP contribution in [0.1, 0.15) is 37.7 Å². The molecule has 4 rings (SSSR count). The molecule has 0 radical (unpaired) electrons. The molecule has 1 fully saturated rings. The van der Waals surface area contributed by atoms with E-state index in [9.17, 15) is 0 Å². The van der Waals surface area contributed by atoms with Gasteiger partial charge < -0.3 is 10.6 Å². The summed E-state index contributed by atoms with van der Waals surface area (Å²) >= 11 is 3.60. The molecule has 0 atom stereocenters. The standard InChI is InChI=1S/C22H24BrN5/c1-15-18(23)8-5-9-19(15)26-21-14-20(16-10-12-24-13-11-16)27-22(28-21)25-17-6-3-2-4-7-17/h5,8-14,17H,2-4,6-7H2,1H3,(H2,25,26,27,28). The van der Waals surface area contributed by atoms with Gasteiger partial charge in [-0.05, 0) is 49.6 Å². The van der Waals surface area contributed by atoms with Crippen LogP contribution in [0.4, 0.5) is 17.5 Å². The van der Waals surface area contributed by atoms with E-state index in [1.54, 1.807) is 12.4 Å². The van der Waals surface area contributed by atoms with Crippen LogP contribution in [0.2, 0.25) is 0 Å². The summed E-state index contributed by atoms with van der Waals surface area (Å²) in [5.41, 5.74) is 4.08. The smallest absolute Gasteiger partial charge is 0.225 e. The second kappa shape index (κ2) is 8.69. The van der Waals surface area contributed by atoms with Crippen molar-refractivity contribution in [3.05, 3.63) is 58.8 Å². The molecule has 5 nitrogen and oxygen atoms in total. The molecule has 0 spiro atoms. The molecule has 0 unspecified atom stereocenters. The van der Waals surface area contributed by atoms with E-state index in [0.717, 1.165) is 32.8 Å². The zero-order valence-electron chi connectivity index (χ0n) is 16.0. The highest BCUT2D eigenvalue weighted by atomic mass is 79.9. The third-order valence-electron chi connectivity index (χ3n) is 5.17. The highest BCUT2D eigenvalue weighted by molar-refractivity contribution is 9.10. The molecule has 1 saturated carbocycles. The number of anilines is 3. The SMILES string of the molecule is Cc1c(Br)cccc1Nc1cc(-c2ccncc2)nc(NC2CCCCC2)n1. The van der Waals surface area contributed by atoms with Crippen LogP contribution in [0.25, 0.3) is 11.3 Å². The van der Waals surface area contributed by atoms with Gasteiger partial charge in [-0.2, -0.15) is 4.98 Å². The number of nitrogens with one attached hydrogen (secondary N) is 2. The predicted molar refractivity (Wildman–Crippen MR) is 118 cm³/mol. The molecule has 1 aliphatic rings. The van der Waals surface area contributed by atoms with Crippen molar-refractivity contribution in [1.82, 2.24) is 15.0 Å². The number of halogens is 1. The van der Waals surface area contributed by atoms with Crippen molar-refractivity contribution in [3.63, 3.8) is 0 Å². The van der Waals surface area contributed by atoms with Crippen molar-refractivity contribution in [3.8, 4) is 11.3 Å². The van der Waals surface area contributed by atoms with E-state index in [4.69, 9.17) is 9.97 Å². The largest absolute Gasteiger partial charge is 0.351 e. The highest BCUT2D eigenvalue weighted by Gasteiger charge is 2.16. The molecule has 144 valence electrons. The monoisotopic (exact) mass is 437 g/mol. The predicted octanol–water partition coefficient (Wildman–Crippen LogP) is 6.10. The Morgan fingerprint density at radius 2 is 1.79 bits per heavy atom. The average Bonchev–Trinajstić information content (AvgIpc) is 2.73. The molecule has 2 heterocycles. The molecule has 2 N–H and O–H groups in total. The van der Waals surface area contributed by atoms with Crippen LogP contribution in [0.3, 0.4) is 0 Å². The summed E-state index contributed by atoms with van der Waals surface area (Å²) < 4.78 is 1.07. The molecule has 1 aliphatic carbocycles. The lowest BCUT2D eigenvalue weighted by molar-refractivity contribution is 0.461. The van der Waals surface area contributed by atoms with Crippen LogP contribution in [-0.2, 0) is 0 Å². The minimum absolute atomic E-state index is 0.446. The Balaban J connectivity index is 1.68. The van der Waals surface area contributed by atoms with Crippen molar-refractivity contribution in [2.45, 2.75) is 45.1 Å². The molecule has 1 aromatic carbocycles. The maximum atomic E-state index is 4.78. The Labute approximate surface area is 174 Å². The number of rotatable bonds is 5. The summed E-state index contributed by atoms with van der Waals surface area (Å²) in [7, 11) is 0. The molecular formula is C22H24BrN5. The minimum Gasteiger partial charge on any atom is -0.351 e. The summed E-state index contributed by atoms with van der Waals surface area (Å²) in [6.45, 7) is 2.08. The average molecular weight is 438 g/mol. The first-order valence-electron chi connectivity index (χ1n) is 9.77. The molecule has 6 heteroatoms. The van der Waals surface area contributed by atoms with Gasteiger partial charge in [0.2, 0.25) is 5.95 Å². The van der Waals surface area contributed by atoms with Gasteiger partial charge in [0.05, 0.1) is 5.69 Å². The highest BCUT2D eigenvalue weighted by Crippen LogP contribution is 2.29. The van der Waals surface area contributed by atoms with Crippen molar-refractivity contribution in [2.75, 3.05) is 10.6 Å². The van der Waals surface area contributed by atoms with Crippen LogP contribution in [0, 0.1) is 6.92 Å². The molecule has 28 heavy (non-hydrogen) atoms. The van der Waals surface area contributed by atoms with Crippen molar-refractivity contribution in [2.24, 2.45) is 0 Å². The van der Waals surface area contributed by atoms with E-state index in [1.165, 1.54) is 32.1 Å². The second-order valence-electron chi connectivity index (χ2n) is 7.21. The zero-order valence-corrected chi connectivity index (χ0v) is 17.5. The van der Waals surface area contributed by atoms with Gasteiger partial charge in [-0.15, -0.1) is 0 Å². The van der Waals surface area contributed by atoms with Crippen LogP contribution in [0.15, 0.2) is 53.3 Å². The Morgan fingerprint density at radius 1 is 1.00 bits per heavy atom. The first-order valence-corrected chi connectivity index (χ1v) is 10.6. The number of nitrogens with zero attached hydrogens (tertiary/aromatic N) is 3. The van der Waals surface area contributed by atoms with E-state index in [1.807, 2.05) is 30.3 Å². The number of pyridine rings is 1. The van der Waals surface area contributed by atoms with Gasteiger partial charge in [0.1, 0.15) is 5.82 Å². The summed E-state index contributed by atoms with van der Waals surface area (Å²) in [5.74, 6) is 1.46. The molecule has 0 saturated heterocycles. The lowest BCUT2D eigenvalue weighted by Gasteiger charge is -2.23. The van der Waals surface area contributed by atoms with Gasteiger partial charge in [0.25, 0.3) is 0 Å². The summed E-state index contributed by atoms with van der Waals surface area (Å²) in [6, 6.07) is 12.5. The van der Waals surface area contributed by atoms with Crippen LogP contribution < -0.4 is 10.6 Å². The fourth-order valence-corrected chi connectivity index (χ4v) is 3.92. The fourth-order valence-electron chi connectivity index (χ4n) is 3.56. The zero-order chi connectivity index (χ0) is 19.3. The maximum Gasteiger partial charge on any atom is 0.225 e. The van der Waals surface area contributed by atoms with E-state index < -0.39 is 0 Å². The Morgan fingerprint density at radius 3 is 2.57 bits per heavy atom. The number of aromatic nitrogens is 3. The fraction of sp³-hybridized carbons (Fsp3) is 0.318. The van der Waals surface area contributed by atoms with E-state index in [2.05, 4.69) is 44.5 Å². The first kappa shape index (κ1) is 18.9. The van der Waals surface area contributed by atoms with Gasteiger partial charge in [0, 0.05) is 40.2 Å². The normalized spacial score (nSPS) is 14.6. The maximum absolute atomic E-state index is 4.78. The van der Waals surface area contributed by atoms with Gasteiger partial charge in [0.15, 0.2) is 0 Å². The van der Waals surface area contributed by atoms with Gasteiger partial charge in [-0.25, -0.2) is 4.98 Å². The minimum atomic E-state index is 0.446. The van der Waals surface area contributed by atoms with Crippen molar-refractivity contribution < 1.29 is 0 Å². The van der Waals surface area contributed by atoms with Crippen molar-refractivity contribution >= 4 is 33.4 Å². The number of hydrogen-bond donors (Lipinski definition) is 2. The molecule has 2 aromatic heterocycles. The quantitative estimate of drug-likeness (QED) is 0.504. The Hall–Kier alpha value is -2.47. The first-order chi connectivity index (χ1) is 13.7. The van der Waals surface area contributed by atoms with E-state index in [-0.39, 0.29) is 0 Å². The van der Waals surface area contributed by atoms with Crippen LogP contribution in [0.5, 0.6) is 0 Å². The molecule has 3 aromatic rings. The van der Waals surface area contributed by atoms with Gasteiger partial charge in [-0.3, -0.25) is 4.98 Å². The topological polar surface area (TPSA) is 62.7 Å². The van der Waals surface area contributed by atoms with Crippen LogP contribution in [-0.4, -0.2) is 21.0 Å². The third-order valence-corrected chi connectivity index (χ3v) is 6.03. The number of benzene rings is 1. The second-order valence-corrected chi connectivity index (χ2v) is 8.07. The van der Waals surface area contributed by atoms with E-state index in [0.29, 0.717) is 12.0 Å². The van der Waals surface area contributed by atoms with E-state index >= 15 is 0 Å².